The molecule has 6 nitrogen and oxygen atoms in total. The predicted molar refractivity (Wildman–Crippen MR) is 80.3 cm³/mol. The number of sulfonamides is 1. The van der Waals surface area contributed by atoms with Crippen molar-refractivity contribution in [1.29, 1.82) is 0 Å². The van der Waals surface area contributed by atoms with Crippen LogP contribution in [0.15, 0.2) is 18.2 Å². The summed E-state index contributed by atoms with van der Waals surface area (Å²) in [5.41, 5.74) is 1.79. The van der Waals surface area contributed by atoms with Crippen LogP contribution in [0.25, 0.3) is 0 Å². The highest BCUT2D eigenvalue weighted by molar-refractivity contribution is 7.89. The first kappa shape index (κ1) is 17.2. The van der Waals surface area contributed by atoms with E-state index in [9.17, 15) is 13.2 Å². The first-order chi connectivity index (χ1) is 9.89. The molecule has 7 heteroatoms. The van der Waals surface area contributed by atoms with E-state index >= 15 is 0 Å². The Balaban J connectivity index is 2.83. The van der Waals surface area contributed by atoms with Crippen molar-refractivity contribution in [2.75, 3.05) is 26.0 Å². The SMILES string of the molecule is CNS(=O)(=O)CCNC(=O)c1ccc(C)cc1C#CCO. The number of aryl methyl sites for hydroxylation is 1. The van der Waals surface area contributed by atoms with Gasteiger partial charge in [-0.15, -0.1) is 0 Å². The molecule has 114 valence electrons. The average Bonchev–Trinajstić information content (AvgIpc) is 2.44. The van der Waals surface area contributed by atoms with Crippen molar-refractivity contribution < 1.29 is 18.3 Å². The number of aliphatic hydroxyl groups excluding tert-OH is 1. The summed E-state index contributed by atoms with van der Waals surface area (Å²) in [7, 11) is -2.03. The van der Waals surface area contributed by atoms with Crippen LogP contribution in [0.3, 0.4) is 0 Å². The van der Waals surface area contributed by atoms with E-state index in [-0.39, 0.29) is 18.9 Å². The Labute approximate surface area is 124 Å². The number of carbonyl (C=O) groups is 1. The molecule has 21 heavy (non-hydrogen) atoms. The number of rotatable bonds is 5. The fraction of sp³-hybridized carbons (Fsp3) is 0.357. The summed E-state index contributed by atoms with van der Waals surface area (Å²) in [4.78, 5) is 12.1. The lowest BCUT2D eigenvalue weighted by atomic mass is 10.0. The molecule has 1 amide bonds. The Hall–Kier alpha value is -1.88. The molecule has 0 aliphatic heterocycles. The summed E-state index contributed by atoms with van der Waals surface area (Å²) in [5.74, 6) is 4.61. The molecular weight excluding hydrogens is 292 g/mol. The van der Waals surface area contributed by atoms with Crippen LogP contribution in [-0.4, -0.2) is 45.4 Å². The normalized spacial score (nSPS) is 10.6. The van der Waals surface area contributed by atoms with Crippen LogP contribution in [0.2, 0.25) is 0 Å². The highest BCUT2D eigenvalue weighted by Crippen LogP contribution is 2.10. The van der Waals surface area contributed by atoms with Crippen LogP contribution in [0, 0.1) is 18.8 Å². The highest BCUT2D eigenvalue weighted by Gasteiger charge is 2.12. The molecule has 0 fully saturated rings. The second kappa shape index (κ2) is 7.78. The molecule has 0 bridgehead atoms. The van der Waals surface area contributed by atoms with Gasteiger partial charge in [-0.25, -0.2) is 13.1 Å². The third kappa shape index (κ3) is 5.55. The number of amides is 1. The van der Waals surface area contributed by atoms with Gasteiger partial charge >= 0.3 is 0 Å². The number of aliphatic hydroxyl groups is 1. The van der Waals surface area contributed by atoms with Crippen molar-refractivity contribution in [3.63, 3.8) is 0 Å². The molecule has 0 atom stereocenters. The Morgan fingerprint density at radius 1 is 1.38 bits per heavy atom. The number of nitrogens with one attached hydrogen (secondary N) is 2. The van der Waals surface area contributed by atoms with Crippen LogP contribution in [0.4, 0.5) is 0 Å². The summed E-state index contributed by atoms with van der Waals surface area (Å²) in [6.45, 7) is 1.57. The summed E-state index contributed by atoms with van der Waals surface area (Å²) < 4.78 is 24.7. The fourth-order valence-electron chi connectivity index (χ4n) is 1.59. The zero-order chi connectivity index (χ0) is 15.9. The second-order valence-electron chi connectivity index (χ2n) is 4.29. The fourth-order valence-corrected chi connectivity index (χ4v) is 2.17. The molecule has 0 heterocycles. The molecule has 0 radical (unpaired) electrons. The number of carbonyl (C=O) groups excluding carboxylic acids is 1. The van der Waals surface area contributed by atoms with E-state index in [1.165, 1.54) is 7.05 Å². The standard InChI is InChI=1S/C14H18N2O4S/c1-11-5-6-13(12(10-11)4-3-8-17)14(18)16-7-9-21(19,20)15-2/h5-6,10,15,17H,7-9H2,1-2H3,(H,16,18). The second-order valence-corrected chi connectivity index (χ2v) is 6.33. The smallest absolute Gasteiger partial charge is 0.252 e. The summed E-state index contributed by atoms with van der Waals surface area (Å²) in [6, 6.07) is 5.13. The van der Waals surface area contributed by atoms with Crippen molar-refractivity contribution in [3.8, 4) is 11.8 Å². The van der Waals surface area contributed by atoms with Gasteiger partial charge in [0.05, 0.1) is 11.3 Å². The average molecular weight is 310 g/mol. The van der Waals surface area contributed by atoms with Gasteiger partial charge in [-0.3, -0.25) is 4.79 Å². The van der Waals surface area contributed by atoms with Gasteiger partial charge in [-0.05, 0) is 31.7 Å². The maximum Gasteiger partial charge on any atom is 0.252 e. The predicted octanol–water partition coefficient (Wildman–Crippen LogP) is -0.382. The first-order valence-electron chi connectivity index (χ1n) is 6.29. The quantitative estimate of drug-likeness (QED) is 0.646. The number of hydrogen-bond donors (Lipinski definition) is 3. The highest BCUT2D eigenvalue weighted by atomic mass is 32.2. The topological polar surface area (TPSA) is 95.5 Å². The molecule has 0 unspecified atom stereocenters. The lowest BCUT2D eigenvalue weighted by Gasteiger charge is -2.08. The maximum atomic E-state index is 12.1. The zero-order valence-corrected chi connectivity index (χ0v) is 12.8. The molecule has 0 aliphatic carbocycles. The minimum atomic E-state index is -3.35. The van der Waals surface area contributed by atoms with Gasteiger partial charge in [0.1, 0.15) is 6.61 Å². The van der Waals surface area contributed by atoms with E-state index in [1.54, 1.807) is 18.2 Å². The van der Waals surface area contributed by atoms with Gasteiger partial charge in [0, 0.05) is 12.1 Å². The van der Waals surface area contributed by atoms with Gasteiger partial charge in [0.25, 0.3) is 5.91 Å². The van der Waals surface area contributed by atoms with Crippen molar-refractivity contribution in [3.05, 3.63) is 34.9 Å². The molecule has 1 aromatic rings. The van der Waals surface area contributed by atoms with Gasteiger partial charge in [0.2, 0.25) is 10.0 Å². The maximum absolute atomic E-state index is 12.1. The van der Waals surface area contributed by atoms with Crippen LogP contribution in [0.5, 0.6) is 0 Å². The van der Waals surface area contributed by atoms with Gasteiger partial charge in [-0.1, -0.05) is 17.9 Å². The van der Waals surface area contributed by atoms with E-state index in [0.29, 0.717) is 11.1 Å². The Morgan fingerprint density at radius 2 is 2.10 bits per heavy atom. The van der Waals surface area contributed by atoms with Crippen LogP contribution in [0.1, 0.15) is 21.5 Å². The summed E-state index contributed by atoms with van der Waals surface area (Å²) in [5, 5.41) is 11.3. The van der Waals surface area contributed by atoms with Crippen molar-refractivity contribution in [2.45, 2.75) is 6.92 Å². The molecule has 0 saturated heterocycles. The number of benzene rings is 1. The molecular formula is C14H18N2O4S. The van der Waals surface area contributed by atoms with E-state index in [4.69, 9.17) is 5.11 Å². The van der Waals surface area contributed by atoms with Crippen molar-refractivity contribution in [1.82, 2.24) is 10.0 Å². The van der Waals surface area contributed by atoms with E-state index < -0.39 is 15.9 Å². The first-order valence-corrected chi connectivity index (χ1v) is 7.94. The van der Waals surface area contributed by atoms with Crippen LogP contribution < -0.4 is 10.0 Å². The Kier molecular flexibility index (Phi) is 6.37. The summed E-state index contributed by atoms with van der Waals surface area (Å²) >= 11 is 0. The monoisotopic (exact) mass is 310 g/mol. The van der Waals surface area contributed by atoms with Crippen LogP contribution >= 0.6 is 0 Å². The molecule has 0 aliphatic rings. The minimum absolute atomic E-state index is 0.00273. The molecule has 3 N–H and O–H groups in total. The molecule has 1 rings (SSSR count). The Morgan fingerprint density at radius 3 is 2.71 bits per heavy atom. The van der Waals surface area contributed by atoms with E-state index in [0.717, 1.165) is 5.56 Å². The minimum Gasteiger partial charge on any atom is -0.384 e. The molecule has 0 spiro atoms. The summed E-state index contributed by atoms with van der Waals surface area (Å²) in [6.07, 6.45) is 0. The van der Waals surface area contributed by atoms with E-state index in [1.807, 2.05) is 6.92 Å². The number of hydrogen-bond acceptors (Lipinski definition) is 4. The van der Waals surface area contributed by atoms with Gasteiger partial charge < -0.3 is 10.4 Å². The van der Waals surface area contributed by atoms with E-state index in [2.05, 4.69) is 21.9 Å². The van der Waals surface area contributed by atoms with Crippen molar-refractivity contribution >= 4 is 15.9 Å². The van der Waals surface area contributed by atoms with Crippen molar-refractivity contribution in [2.24, 2.45) is 0 Å². The third-order valence-corrected chi connectivity index (χ3v) is 4.05. The zero-order valence-electron chi connectivity index (χ0n) is 11.9. The molecule has 1 aromatic carbocycles. The van der Waals surface area contributed by atoms with Gasteiger partial charge in [0.15, 0.2) is 0 Å². The molecule has 0 saturated carbocycles. The molecule has 0 aromatic heterocycles. The lowest BCUT2D eigenvalue weighted by molar-refractivity contribution is 0.0956. The Bertz CT molecular complexity index is 672. The van der Waals surface area contributed by atoms with Crippen LogP contribution in [-0.2, 0) is 10.0 Å². The van der Waals surface area contributed by atoms with Gasteiger partial charge in [-0.2, -0.15) is 0 Å². The third-order valence-electron chi connectivity index (χ3n) is 2.69. The lowest BCUT2D eigenvalue weighted by Crippen LogP contribution is -2.33. The largest absolute Gasteiger partial charge is 0.384 e.